The van der Waals surface area contributed by atoms with E-state index in [0.717, 1.165) is 0 Å². The molecule has 0 amide bonds. The second kappa shape index (κ2) is 8.18. The van der Waals surface area contributed by atoms with Gasteiger partial charge in [-0.3, -0.25) is 0 Å². The molecule has 2 aromatic rings. The molecule has 0 spiro atoms. The van der Waals surface area contributed by atoms with Gasteiger partial charge in [-0.25, -0.2) is 4.99 Å². The van der Waals surface area contributed by atoms with Crippen LogP contribution in [-0.2, 0) is 6.42 Å². The predicted molar refractivity (Wildman–Crippen MR) is 104 cm³/mol. The number of anilines is 1. The molecule has 2 rings (SSSR count). The summed E-state index contributed by atoms with van der Waals surface area (Å²) in [5.41, 5.74) is 7.20. The standard InChI is InChI=1S/C15H11Cl4N3S/c16-8-4-5-13(12(19)6-8)21-15(23)22-14(20)7-9-10(17)2-1-3-11(9)18/h1-6H,7H2,(H3,20,21,22,23). The van der Waals surface area contributed by atoms with E-state index < -0.39 is 0 Å². The number of amidine groups is 1. The van der Waals surface area contributed by atoms with Crippen molar-refractivity contribution < 1.29 is 0 Å². The van der Waals surface area contributed by atoms with E-state index in [9.17, 15) is 0 Å². The lowest BCUT2D eigenvalue weighted by molar-refractivity contribution is 1.29. The summed E-state index contributed by atoms with van der Waals surface area (Å²) in [4.78, 5) is 4.12. The van der Waals surface area contributed by atoms with Crippen LogP contribution in [0.3, 0.4) is 0 Å². The van der Waals surface area contributed by atoms with Crippen molar-refractivity contribution in [1.82, 2.24) is 0 Å². The van der Waals surface area contributed by atoms with Crippen molar-refractivity contribution >= 4 is 75.3 Å². The van der Waals surface area contributed by atoms with E-state index in [0.29, 0.717) is 31.3 Å². The largest absolute Gasteiger partial charge is 0.387 e. The van der Waals surface area contributed by atoms with Gasteiger partial charge in [0, 0.05) is 21.5 Å². The second-order valence-corrected chi connectivity index (χ2v) is 6.58. The third kappa shape index (κ3) is 5.23. The third-order valence-electron chi connectivity index (χ3n) is 2.84. The molecule has 0 radical (unpaired) electrons. The number of nitrogens with two attached hydrogens (primary N) is 1. The van der Waals surface area contributed by atoms with Crippen LogP contribution in [0.15, 0.2) is 41.4 Å². The topological polar surface area (TPSA) is 50.4 Å². The van der Waals surface area contributed by atoms with Gasteiger partial charge >= 0.3 is 0 Å². The molecule has 0 fully saturated rings. The molecule has 0 bridgehead atoms. The monoisotopic (exact) mass is 405 g/mol. The molecule has 0 atom stereocenters. The number of benzene rings is 2. The Morgan fingerprint density at radius 2 is 1.70 bits per heavy atom. The normalized spacial score (nSPS) is 11.4. The number of rotatable bonds is 3. The van der Waals surface area contributed by atoms with Gasteiger partial charge < -0.3 is 11.1 Å². The van der Waals surface area contributed by atoms with Crippen LogP contribution in [0.2, 0.25) is 20.1 Å². The fourth-order valence-corrected chi connectivity index (χ4v) is 3.00. The zero-order valence-corrected chi connectivity index (χ0v) is 15.5. The lowest BCUT2D eigenvalue weighted by atomic mass is 10.1. The first-order valence-corrected chi connectivity index (χ1v) is 8.31. The summed E-state index contributed by atoms with van der Waals surface area (Å²) >= 11 is 29.3. The maximum absolute atomic E-state index is 6.10. The third-order valence-corrected chi connectivity index (χ3v) is 4.29. The van der Waals surface area contributed by atoms with E-state index in [1.54, 1.807) is 36.4 Å². The molecule has 23 heavy (non-hydrogen) atoms. The van der Waals surface area contributed by atoms with Crippen LogP contribution in [0.1, 0.15) is 5.56 Å². The molecule has 0 aromatic heterocycles. The van der Waals surface area contributed by atoms with Gasteiger partial charge in [0.1, 0.15) is 5.84 Å². The van der Waals surface area contributed by atoms with Gasteiger partial charge in [0.15, 0.2) is 5.11 Å². The van der Waals surface area contributed by atoms with Crippen LogP contribution < -0.4 is 11.1 Å². The molecule has 0 heterocycles. The molecular formula is C15H11Cl4N3S. The van der Waals surface area contributed by atoms with Crippen LogP contribution in [0.25, 0.3) is 0 Å². The maximum atomic E-state index is 6.10. The van der Waals surface area contributed by atoms with Gasteiger partial charge in [-0.1, -0.05) is 52.5 Å². The van der Waals surface area contributed by atoms with Crippen molar-refractivity contribution in [1.29, 1.82) is 0 Å². The van der Waals surface area contributed by atoms with Crippen LogP contribution in [0.4, 0.5) is 5.69 Å². The minimum atomic E-state index is 0.176. The minimum Gasteiger partial charge on any atom is -0.387 e. The van der Waals surface area contributed by atoms with Crippen molar-refractivity contribution in [2.45, 2.75) is 6.42 Å². The molecule has 0 aliphatic rings. The fraction of sp³-hybridized carbons (Fsp3) is 0.0667. The zero-order valence-electron chi connectivity index (χ0n) is 11.6. The lowest BCUT2D eigenvalue weighted by Gasteiger charge is -2.09. The van der Waals surface area contributed by atoms with Crippen LogP contribution in [0, 0.1) is 0 Å². The number of halogens is 4. The summed E-state index contributed by atoms with van der Waals surface area (Å²) in [6.45, 7) is 0. The summed E-state index contributed by atoms with van der Waals surface area (Å²) in [5.74, 6) is 0.280. The van der Waals surface area contributed by atoms with Crippen molar-refractivity contribution in [2.75, 3.05) is 5.32 Å². The highest BCUT2D eigenvalue weighted by Crippen LogP contribution is 2.26. The molecule has 120 valence electrons. The number of nitrogens with zero attached hydrogens (tertiary/aromatic N) is 1. The van der Waals surface area contributed by atoms with E-state index in [2.05, 4.69) is 10.3 Å². The first-order chi connectivity index (χ1) is 10.9. The highest BCUT2D eigenvalue weighted by Gasteiger charge is 2.08. The Labute approximate surface area is 159 Å². The van der Waals surface area contributed by atoms with Gasteiger partial charge in [-0.05, 0) is 48.1 Å². The van der Waals surface area contributed by atoms with Crippen LogP contribution >= 0.6 is 58.6 Å². The summed E-state index contributed by atoms with van der Waals surface area (Å²) in [6, 6.07) is 10.2. The highest BCUT2D eigenvalue weighted by molar-refractivity contribution is 7.80. The summed E-state index contributed by atoms with van der Waals surface area (Å²) in [7, 11) is 0. The zero-order chi connectivity index (χ0) is 17.0. The quantitative estimate of drug-likeness (QED) is 0.396. The second-order valence-electron chi connectivity index (χ2n) is 4.53. The van der Waals surface area contributed by atoms with Crippen molar-refractivity contribution in [3.63, 3.8) is 0 Å². The first kappa shape index (κ1) is 18.3. The molecule has 8 heteroatoms. The Morgan fingerprint density at radius 1 is 1.04 bits per heavy atom. The Kier molecular flexibility index (Phi) is 6.50. The molecule has 0 saturated heterocycles. The maximum Gasteiger partial charge on any atom is 0.198 e. The van der Waals surface area contributed by atoms with Crippen molar-refractivity contribution in [3.05, 3.63) is 62.1 Å². The smallest absolute Gasteiger partial charge is 0.198 e. The molecule has 0 aliphatic carbocycles. The molecule has 3 nitrogen and oxygen atoms in total. The number of hydrogen-bond donors (Lipinski definition) is 2. The molecule has 3 N–H and O–H groups in total. The average molecular weight is 407 g/mol. The lowest BCUT2D eigenvalue weighted by Crippen LogP contribution is -2.19. The van der Waals surface area contributed by atoms with E-state index in [4.69, 9.17) is 64.4 Å². The number of thiocarbonyl (C=S) groups is 1. The summed E-state index contributed by atoms with van der Waals surface area (Å²) in [5, 5.41) is 5.08. The first-order valence-electron chi connectivity index (χ1n) is 6.39. The number of aliphatic imine (C=N–C) groups is 1. The van der Waals surface area contributed by atoms with Gasteiger partial charge in [0.05, 0.1) is 10.7 Å². The van der Waals surface area contributed by atoms with E-state index >= 15 is 0 Å². The van der Waals surface area contributed by atoms with Gasteiger partial charge in [-0.15, -0.1) is 0 Å². The minimum absolute atomic E-state index is 0.176. The van der Waals surface area contributed by atoms with Crippen molar-refractivity contribution in [3.8, 4) is 0 Å². The molecule has 2 aromatic carbocycles. The van der Waals surface area contributed by atoms with Gasteiger partial charge in [-0.2, -0.15) is 0 Å². The Hall–Kier alpha value is -1.04. The van der Waals surface area contributed by atoms with Crippen LogP contribution in [0.5, 0.6) is 0 Å². The summed E-state index contributed by atoms with van der Waals surface area (Å²) < 4.78 is 0. The Morgan fingerprint density at radius 3 is 2.30 bits per heavy atom. The SMILES string of the molecule is NC(Cc1c(Cl)cccc1Cl)=NC(=S)Nc1ccc(Cl)cc1Cl. The number of nitrogens with one attached hydrogen (secondary N) is 1. The van der Waals surface area contributed by atoms with E-state index in [1.165, 1.54) is 0 Å². The molecule has 0 aliphatic heterocycles. The molecule has 0 unspecified atom stereocenters. The predicted octanol–water partition coefficient (Wildman–Crippen LogP) is 5.60. The average Bonchev–Trinajstić information content (AvgIpc) is 2.46. The Bertz CT molecular complexity index is 757. The van der Waals surface area contributed by atoms with Gasteiger partial charge in [0.25, 0.3) is 0 Å². The summed E-state index contributed by atoms with van der Waals surface area (Å²) in [6.07, 6.45) is 0.286. The van der Waals surface area contributed by atoms with Crippen molar-refractivity contribution in [2.24, 2.45) is 10.7 Å². The number of hydrogen-bond acceptors (Lipinski definition) is 1. The Balaban J connectivity index is 2.10. The van der Waals surface area contributed by atoms with Gasteiger partial charge in [0.2, 0.25) is 0 Å². The highest BCUT2D eigenvalue weighted by atomic mass is 35.5. The van der Waals surface area contributed by atoms with Crippen LogP contribution in [-0.4, -0.2) is 10.9 Å². The van der Waals surface area contributed by atoms with E-state index in [-0.39, 0.29) is 17.4 Å². The van der Waals surface area contributed by atoms with E-state index in [1.807, 2.05) is 0 Å². The molecule has 0 saturated carbocycles. The molecular weight excluding hydrogens is 396 g/mol. The fourth-order valence-electron chi connectivity index (χ4n) is 1.79.